The lowest BCUT2D eigenvalue weighted by molar-refractivity contribution is 0.102. The third kappa shape index (κ3) is 5.03. The number of carbonyl (C=O) groups is 1. The summed E-state index contributed by atoms with van der Waals surface area (Å²) in [5.74, 6) is 5.97. The van der Waals surface area contributed by atoms with Crippen molar-refractivity contribution in [1.82, 2.24) is 15.0 Å². The summed E-state index contributed by atoms with van der Waals surface area (Å²) in [4.78, 5) is 21.0. The molecule has 0 fully saturated rings. The van der Waals surface area contributed by atoms with Crippen LogP contribution in [0.3, 0.4) is 0 Å². The van der Waals surface area contributed by atoms with Gasteiger partial charge in [0.25, 0.3) is 5.91 Å². The third-order valence-corrected chi connectivity index (χ3v) is 4.33. The lowest BCUT2D eigenvalue weighted by atomic mass is 10.1. The van der Waals surface area contributed by atoms with E-state index in [0.29, 0.717) is 40.8 Å². The number of para-hydroxylation sites is 2. The van der Waals surface area contributed by atoms with Crippen molar-refractivity contribution in [3.8, 4) is 0 Å². The average Bonchev–Trinajstić information content (AvgIpc) is 2.75. The number of nitrogens with zero attached hydrogens (tertiary/aromatic N) is 3. The standard InChI is InChI=1S/C21H24N8O/c1-29(24)19(12-22)18-10-11-25-21(28-18)26-13-14-6-8-15(9-7-14)20(30)27-17-5-3-2-4-16(17)23/h2-12H,13,22-24H2,1H3,(H,27,30)(H,25,26,28)/b19-12-. The van der Waals surface area contributed by atoms with Gasteiger partial charge in [-0.1, -0.05) is 24.3 Å². The fraction of sp³-hybridized carbons (Fsp3) is 0.0952. The smallest absolute Gasteiger partial charge is 0.255 e. The Labute approximate surface area is 174 Å². The molecule has 0 unspecified atom stereocenters. The molecular weight excluding hydrogens is 380 g/mol. The molecule has 0 aliphatic heterocycles. The molecule has 1 aromatic heterocycles. The number of aromatic nitrogens is 2. The van der Waals surface area contributed by atoms with Crippen molar-refractivity contribution in [3.05, 3.63) is 83.8 Å². The highest BCUT2D eigenvalue weighted by atomic mass is 16.1. The topological polar surface area (TPSA) is 148 Å². The molecule has 9 nitrogen and oxygen atoms in total. The Bertz CT molecular complexity index is 1050. The van der Waals surface area contributed by atoms with E-state index in [4.69, 9.17) is 17.3 Å². The first-order chi connectivity index (χ1) is 14.5. The molecule has 0 saturated heterocycles. The molecule has 0 atom stereocenters. The van der Waals surface area contributed by atoms with Crippen molar-refractivity contribution in [3.63, 3.8) is 0 Å². The quantitative estimate of drug-likeness (QED) is 0.228. The van der Waals surface area contributed by atoms with Gasteiger partial charge in [0.2, 0.25) is 5.95 Å². The number of hydrogen-bond acceptors (Lipinski definition) is 8. The number of nitrogens with two attached hydrogens (primary N) is 3. The molecule has 1 heterocycles. The van der Waals surface area contributed by atoms with Crippen LogP contribution in [0.1, 0.15) is 21.6 Å². The highest BCUT2D eigenvalue weighted by Crippen LogP contribution is 2.18. The third-order valence-electron chi connectivity index (χ3n) is 4.33. The first-order valence-corrected chi connectivity index (χ1v) is 9.20. The van der Waals surface area contributed by atoms with E-state index < -0.39 is 0 Å². The highest BCUT2D eigenvalue weighted by molar-refractivity contribution is 6.05. The van der Waals surface area contributed by atoms with Crippen LogP contribution >= 0.6 is 0 Å². The number of hydrazine groups is 1. The number of amides is 1. The Morgan fingerprint density at radius 1 is 1.13 bits per heavy atom. The van der Waals surface area contributed by atoms with Gasteiger partial charge >= 0.3 is 0 Å². The Kier molecular flexibility index (Phi) is 6.46. The fourth-order valence-electron chi connectivity index (χ4n) is 2.73. The fourth-order valence-corrected chi connectivity index (χ4v) is 2.73. The molecule has 0 spiro atoms. The monoisotopic (exact) mass is 404 g/mol. The van der Waals surface area contributed by atoms with Gasteiger partial charge in [-0.2, -0.15) is 0 Å². The Morgan fingerprint density at radius 2 is 1.87 bits per heavy atom. The second-order valence-corrected chi connectivity index (χ2v) is 6.52. The zero-order valence-corrected chi connectivity index (χ0v) is 16.5. The number of carbonyl (C=O) groups excluding carboxylic acids is 1. The maximum absolute atomic E-state index is 12.4. The number of anilines is 3. The SMILES string of the molecule is CN(N)/C(=C\N)c1ccnc(NCc2ccc(C(=O)Nc3ccccc3N)cc2)n1. The molecule has 30 heavy (non-hydrogen) atoms. The lowest BCUT2D eigenvalue weighted by Crippen LogP contribution is -2.25. The van der Waals surface area contributed by atoms with Crippen LogP contribution in [0.25, 0.3) is 5.70 Å². The molecule has 0 bridgehead atoms. The molecule has 0 radical (unpaired) electrons. The minimum Gasteiger partial charge on any atom is -0.403 e. The van der Waals surface area contributed by atoms with Crippen LogP contribution in [0.15, 0.2) is 67.0 Å². The number of hydrogen-bond donors (Lipinski definition) is 5. The molecule has 8 N–H and O–H groups in total. The van der Waals surface area contributed by atoms with E-state index >= 15 is 0 Å². The number of benzene rings is 2. The van der Waals surface area contributed by atoms with E-state index in [2.05, 4.69) is 20.6 Å². The van der Waals surface area contributed by atoms with Gasteiger partial charge in [0.1, 0.15) is 0 Å². The van der Waals surface area contributed by atoms with Gasteiger partial charge in [-0.3, -0.25) is 4.79 Å². The number of nitrogen functional groups attached to an aromatic ring is 1. The number of nitrogens with one attached hydrogen (secondary N) is 2. The molecule has 3 aromatic rings. The lowest BCUT2D eigenvalue weighted by Gasteiger charge is -2.15. The van der Waals surface area contributed by atoms with Crippen molar-refractivity contribution < 1.29 is 4.79 Å². The zero-order valence-electron chi connectivity index (χ0n) is 16.5. The van der Waals surface area contributed by atoms with Gasteiger partial charge in [0, 0.05) is 31.6 Å². The van der Waals surface area contributed by atoms with Crippen molar-refractivity contribution in [2.45, 2.75) is 6.54 Å². The van der Waals surface area contributed by atoms with E-state index in [1.807, 2.05) is 24.3 Å². The summed E-state index contributed by atoms with van der Waals surface area (Å²) in [5.41, 5.74) is 15.3. The summed E-state index contributed by atoms with van der Waals surface area (Å²) < 4.78 is 0. The van der Waals surface area contributed by atoms with Gasteiger partial charge in [0.15, 0.2) is 0 Å². The predicted octanol–water partition coefficient (Wildman–Crippen LogP) is 1.99. The average molecular weight is 404 g/mol. The summed E-state index contributed by atoms with van der Waals surface area (Å²) in [6.45, 7) is 0.483. The molecule has 1 amide bonds. The van der Waals surface area contributed by atoms with E-state index in [0.717, 1.165) is 5.56 Å². The van der Waals surface area contributed by atoms with Gasteiger partial charge in [-0.25, -0.2) is 15.8 Å². The zero-order chi connectivity index (χ0) is 21.5. The van der Waals surface area contributed by atoms with Crippen molar-refractivity contribution >= 4 is 28.9 Å². The Balaban J connectivity index is 1.63. The predicted molar refractivity (Wildman–Crippen MR) is 119 cm³/mol. The molecule has 9 heteroatoms. The summed E-state index contributed by atoms with van der Waals surface area (Å²) >= 11 is 0. The van der Waals surface area contributed by atoms with Crippen LogP contribution in [0, 0.1) is 0 Å². The number of rotatable bonds is 7. The molecule has 2 aromatic carbocycles. The minimum atomic E-state index is -0.226. The van der Waals surface area contributed by atoms with E-state index in [9.17, 15) is 4.79 Å². The second kappa shape index (κ2) is 9.39. The normalized spacial score (nSPS) is 11.1. The van der Waals surface area contributed by atoms with Crippen molar-refractivity contribution in [2.24, 2.45) is 11.6 Å². The van der Waals surface area contributed by atoms with Crippen LogP contribution in [0.4, 0.5) is 17.3 Å². The van der Waals surface area contributed by atoms with Crippen LogP contribution in [0.2, 0.25) is 0 Å². The van der Waals surface area contributed by atoms with Crippen LogP contribution < -0.4 is 27.9 Å². The van der Waals surface area contributed by atoms with Crippen LogP contribution in [0.5, 0.6) is 0 Å². The van der Waals surface area contributed by atoms with Crippen LogP contribution in [-0.2, 0) is 6.54 Å². The summed E-state index contributed by atoms with van der Waals surface area (Å²) in [6, 6.07) is 16.1. The van der Waals surface area contributed by atoms with E-state index in [1.54, 1.807) is 43.6 Å². The Morgan fingerprint density at radius 3 is 2.53 bits per heavy atom. The molecule has 154 valence electrons. The largest absolute Gasteiger partial charge is 0.403 e. The molecule has 0 aliphatic rings. The van der Waals surface area contributed by atoms with Gasteiger partial charge < -0.3 is 27.1 Å². The first kappa shape index (κ1) is 20.6. The first-order valence-electron chi connectivity index (χ1n) is 9.20. The van der Waals surface area contributed by atoms with E-state index in [1.165, 1.54) is 11.2 Å². The van der Waals surface area contributed by atoms with Crippen LogP contribution in [-0.4, -0.2) is 27.9 Å². The van der Waals surface area contributed by atoms with Crippen molar-refractivity contribution in [1.29, 1.82) is 0 Å². The maximum atomic E-state index is 12.4. The summed E-state index contributed by atoms with van der Waals surface area (Å²) in [7, 11) is 1.68. The second-order valence-electron chi connectivity index (χ2n) is 6.52. The molecular formula is C21H24N8O. The molecule has 3 rings (SSSR count). The summed E-state index contributed by atoms with van der Waals surface area (Å²) in [5, 5.41) is 7.34. The van der Waals surface area contributed by atoms with Gasteiger partial charge in [-0.15, -0.1) is 0 Å². The molecule has 0 saturated carbocycles. The minimum absolute atomic E-state index is 0.226. The molecule has 0 aliphatic carbocycles. The van der Waals surface area contributed by atoms with Crippen molar-refractivity contribution in [2.75, 3.05) is 23.4 Å². The Hall–Kier alpha value is -4.11. The maximum Gasteiger partial charge on any atom is 0.255 e. The van der Waals surface area contributed by atoms with Gasteiger partial charge in [0.05, 0.1) is 22.8 Å². The van der Waals surface area contributed by atoms with E-state index in [-0.39, 0.29) is 5.91 Å². The summed E-state index contributed by atoms with van der Waals surface area (Å²) in [6.07, 6.45) is 3.01. The van der Waals surface area contributed by atoms with Gasteiger partial charge in [-0.05, 0) is 35.9 Å². The highest BCUT2D eigenvalue weighted by Gasteiger charge is 2.09.